The van der Waals surface area contributed by atoms with E-state index in [0.717, 1.165) is 24.2 Å². The lowest BCUT2D eigenvalue weighted by molar-refractivity contribution is -0.125. The lowest BCUT2D eigenvalue weighted by atomic mass is 9.65. The van der Waals surface area contributed by atoms with Crippen LogP contribution in [-0.4, -0.2) is 14.1 Å². The maximum Gasteiger partial charge on any atom is 0.250 e. The summed E-state index contributed by atoms with van der Waals surface area (Å²) in [5, 5.41) is 0.156. The van der Waals surface area contributed by atoms with Crippen molar-refractivity contribution in [2.75, 3.05) is 0 Å². The monoisotopic (exact) mass is 342 g/mol. The maximum absolute atomic E-state index is 12.5. The summed E-state index contributed by atoms with van der Waals surface area (Å²) in [4.78, 5) is 12.5. The summed E-state index contributed by atoms with van der Waals surface area (Å²) in [5.74, 6) is 1.69. The van der Waals surface area contributed by atoms with Gasteiger partial charge in [0.1, 0.15) is 11.5 Å². The Morgan fingerprint density at radius 1 is 1.29 bits per heavy atom. The van der Waals surface area contributed by atoms with E-state index in [9.17, 15) is 4.79 Å². The lowest BCUT2D eigenvalue weighted by Crippen LogP contribution is -2.44. The van der Waals surface area contributed by atoms with Gasteiger partial charge in [0, 0.05) is 17.4 Å². The van der Waals surface area contributed by atoms with Crippen LogP contribution in [0.1, 0.15) is 64.0 Å². The van der Waals surface area contributed by atoms with Crippen LogP contribution in [0, 0.1) is 5.41 Å². The molecule has 130 valence electrons. The molecular weight excluding hydrogens is 312 g/mol. The highest BCUT2D eigenvalue weighted by molar-refractivity contribution is 6.74. The zero-order valence-electron chi connectivity index (χ0n) is 16.0. The molecule has 24 heavy (non-hydrogen) atoms. The molecule has 0 amide bonds. The van der Waals surface area contributed by atoms with Crippen LogP contribution >= 0.6 is 0 Å². The second-order valence-corrected chi connectivity index (χ2v) is 14.0. The summed E-state index contributed by atoms with van der Waals surface area (Å²) in [6.07, 6.45) is 2.42. The van der Waals surface area contributed by atoms with E-state index in [4.69, 9.17) is 4.43 Å². The van der Waals surface area contributed by atoms with Crippen LogP contribution in [0.5, 0.6) is 5.75 Å². The summed E-state index contributed by atoms with van der Waals surface area (Å²) in [5.41, 5.74) is 3.25. The van der Waals surface area contributed by atoms with E-state index >= 15 is 0 Å². The van der Waals surface area contributed by atoms with Gasteiger partial charge in [-0.3, -0.25) is 4.79 Å². The number of hydrogen-bond acceptors (Lipinski definition) is 2. The van der Waals surface area contributed by atoms with Crippen molar-refractivity contribution in [3.05, 3.63) is 35.9 Å². The molecule has 0 bridgehead atoms. The van der Waals surface area contributed by atoms with Gasteiger partial charge >= 0.3 is 0 Å². The molecule has 0 aromatic heterocycles. The zero-order chi connectivity index (χ0) is 17.9. The van der Waals surface area contributed by atoms with Gasteiger partial charge in [-0.1, -0.05) is 46.4 Å². The number of fused-ring (bicyclic) bond motifs is 3. The predicted molar refractivity (Wildman–Crippen MR) is 103 cm³/mol. The van der Waals surface area contributed by atoms with Crippen molar-refractivity contribution in [1.29, 1.82) is 0 Å². The molecule has 0 N–H and O–H groups in total. The quantitative estimate of drug-likeness (QED) is 0.622. The fourth-order valence-corrected chi connectivity index (χ4v) is 5.08. The largest absolute Gasteiger partial charge is 0.543 e. The molecule has 1 aromatic rings. The molecule has 2 atom stereocenters. The SMILES string of the molecule is C=C1C[C@]2(C)C(=O)CC[C@@H]2c2cccc(O[Si](C)(C)C(C)(C)C)c21. The van der Waals surface area contributed by atoms with Crippen molar-refractivity contribution in [3.63, 3.8) is 0 Å². The van der Waals surface area contributed by atoms with Crippen LogP contribution in [0.3, 0.4) is 0 Å². The highest BCUT2D eigenvalue weighted by atomic mass is 28.4. The highest BCUT2D eigenvalue weighted by Gasteiger charge is 2.51. The molecule has 2 nitrogen and oxygen atoms in total. The smallest absolute Gasteiger partial charge is 0.250 e. The van der Waals surface area contributed by atoms with Crippen molar-refractivity contribution in [1.82, 2.24) is 0 Å². The first-order chi connectivity index (χ1) is 11.0. The van der Waals surface area contributed by atoms with E-state index in [1.807, 2.05) is 0 Å². The molecule has 0 spiro atoms. The fraction of sp³-hybridized carbons (Fsp3) is 0.571. The molecule has 1 aromatic carbocycles. The molecular formula is C21H30O2Si. The summed E-state index contributed by atoms with van der Waals surface area (Å²) in [6, 6.07) is 6.35. The van der Waals surface area contributed by atoms with Crippen LogP contribution < -0.4 is 4.43 Å². The Kier molecular flexibility index (Phi) is 3.87. The average Bonchev–Trinajstić information content (AvgIpc) is 2.73. The first-order valence-electron chi connectivity index (χ1n) is 9.01. The van der Waals surface area contributed by atoms with Crippen molar-refractivity contribution >= 4 is 19.7 Å². The number of carbonyl (C=O) groups excluding carboxylic acids is 1. The van der Waals surface area contributed by atoms with Crippen LogP contribution in [0.4, 0.5) is 0 Å². The molecule has 0 heterocycles. The third kappa shape index (κ3) is 2.48. The molecule has 2 aliphatic carbocycles. The number of benzene rings is 1. The normalized spacial score (nSPS) is 27.0. The number of rotatable bonds is 2. The van der Waals surface area contributed by atoms with Crippen molar-refractivity contribution in [3.8, 4) is 5.75 Å². The first-order valence-corrected chi connectivity index (χ1v) is 11.9. The standard InChI is InChI=1S/C21H30O2Si/c1-14-13-21(5)16(11-12-18(21)22)15-9-8-10-17(19(14)15)23-24(6,7)20(2,3)4/h8-10,16H,1,11-13H2,2-7H3/t16-,21+/m1/s1. The summed E-state index contributed by atoms with van der Waals surface area (Å²) in [6.45, 7) is 17.8. The van der Waals surface area contributed by atoms with Crippen molar-refractivity contribution < 1.29 is 9.22 Å². The van der Waals surface area contributed by atoms with Crippen molar-refractivity contribution in [2.45, 2.75) is 71.0 Å². The van der Waals surface area contributed by atoms with E-state index < -0.39 is 8.32 Å². The van der Waals surface area contributed by atoms with E-state index in [1.165, 1.54) is 11.1 Å². The van der Waals surface area contributed by atoms with E-state index in [2.05, 4.69) is 65.6 Å². The van der Waals surface area contributed by atoms with Gasteiger partial charge in [-0.25, -0.2) is 0 Å². The molecule has 1 saturated carbocycles. The zero-order valence-corrected chi connectivity index (χ0v) is 17.0. The molecule has 0 aliphatic heterocycles. The van der Waals surface area contributed by atoms with Gasteiger partial charge in [-0.05, 0) is 54.1 Å². The fourth-order valence-electron chi connectivity index (χ4n) is 4.06. The van der Waals surface area contributed by atoms with E-state index in [0.29, 0.717) is 18.1 Å². The van der Waals surface area contributed by atoms with Gasteiger partial charge in [0.25, 0.3) is 8.32 Å². The van der Waals surface area contributed by atoms with Crippen LogP contribution in [0.15, 0.2) is 24.8 Å². The van der Waals surface area contributed by atoms with Gasteiger partial charge in [0.15, 0.2) is 0 Å². The van der Waals surface area contributed by atoms with Crippen LogP contribution in [0.25, 0.3) is 5.57 Å². The first kappa shape index (κ1) is 17.5. The summed E-state index contributed by atoms with van der Waals surface area (Å²) >= 11 is 0. The Hall–Kier alpha value is -1.35. The summed E-state index contributed by atoms with van der Waals surface area (Å²) in [7, 11) is -1.91. The summed E-state index contributed by atoms with van der Waals surface area (Å²) < 4.78 is 6.64. The molecule has 3 heteroatoms. The molecule has 0 radical (unpaired) electrons. The van der Waals surface area contributed by atoms with Crippen LogP contribution in [0.2, 0.25) is 18.1 Å². The third-order valence-electron chi connectivity index (χ3n) is 6.61. The van der Waals surface area contributed by atoms with Gasteiger partial charge in [0.2, 0.25) is 0 Å². The van der Waals surface area contributed by atoms with Gasteiger partial charge < -0.3 is 4.43 Å². The molecule has 0 unspecified atom stereocenters. The second-order valence-electron chi connectivity index (χ2n) is 9.29. The highest BCUT2D eigenvalue weighted by Crippen LogP contribution is 2.58. The number of Topliss-reactive ketones (excluding diaryl/α,β-unsaturated/α-hetero) is 1. The topological polar surface area (TPSA) is 26.3 Å². The Balaban J connectivity index is 2.08. The molecule has 3 rings (SSSR count). The average molecular weight is 343 g/mol. The van der Waals surface area contributed by atoms with E-state index in [-0.39, 0.29) is 10.5 Å². The minimum Gasteiger partial charge on any atom is -0.543 e. The minimum absolute atomic E-state index is 0.156. The van der Waals surface area contributed by atoms with Gasteiger partial charge in [-0.15, -0.1) is 0 Å². The molecule has 1 fully saturated rings. The Morgan fingerprint density at radius 2 is 1.96 bits per heavy atom. The van der Waals surface area contributed by atoms with Gasteiger partial charge in [-0.2, -0.15) is 0 Å². The second kappa shape index (κ2) is 5.32. The lowest BCUT2D eigenvalue weighted by Gasteiger charge is -2.41. The Labute approximate surface area is 147 Å². The third-order valence-corrected chi connectivity index (χ3v) is 10.9. The minimum atomic E-state index is -1.91. The number of allylic oxidation sites excluding steroid dienone is 1. The maximum atomic E-state index is 12.5. The van der Waals surface area contributed by atoms with Gasteiger partial charge in [0.05, 0.1) is 0 Å². The number of hydrogen-bond donors (Lipinski definition) is 0. The Morgan fingerprint density at radius 3 is 2.58 bits per heavy atom. The predicted octanol–water partition coefficient (Wildman–Crippen LogP) is 5.94. The number of ketones is 1. The number of carbonyl (C=O) groups is 1. The van der Waals surface area contributed by atoms with Crippen molar-refractivity contribution in [2.24, 2.45) is 5.41 Å². The molecule has 2 aliphatic rings. The van der Waals surface area contributed by atoms with Crippen LogP contribution in [-0.2, 0) is 4.79 Å². The molecule has 0 saturated heterocycles. The van der Waals surface area contributed by atoms with E-state index in [1.54, 1.807) is 0 Å². The Bertz CT molecular complexity index is 711.